The molecule has 0 saturated carbocycles. The number of carbonyl (C=O) groups is 2. The fourth-order valence-corrected chi connectivity index (χ4v) is 2.42. The molecule has 0 radical (unpaired) electrons. The first-order chi connectivity index (χ1) is 11.5. The SMILES string of the molecule is CCOc1ccccc1N(CC(=O)Nc1cccc(Cl)c1)C(C)=O. The first kappa shape index (κ1) is 17.8. The van der Waals surface area contributed by atoms with Gasteiger partial charge in [0.25, 0.3) is 0 Å². The van der Waals surface area contributed by atoms with Crippen LogP contribution in [0.3, 0.4) is 0 Å². The Labute approximate surface area is 146 Å². The van der Waals surface area contributed by atoms with Crippen molar-refractivity contribution in [3.8, 4) is 5.75 Å². The number of amides is 2. The molecule has 6 heteroatoms. The average molecular weight is 347 g/mol. The number of nitrogens with zero attached hydrogens (tertiary/aromatic N) is 1. The predicted molar refractivity (Wildman–Crippen MR) is 95.7 cm³/mol. The van der Waals surface area contributed by atoms with E-state index < -0.39 is 0 Å². The summed E-state index contributed by atoms with van der Waals surface area (Å²) in [5.41, 5.74) is 1.14. The fourth-order valence-electron chi connectivity index (χ4n) is 2.23. The molecule has 24 heavy (non-hydrogen) atoms. The van der Waals surface area contributed by atoms with Crippen molar-refractivity contribution in [2.24, 2.45) is 0 Å². The van der Waals surface area contributed by atoms with Gasteiger partial charge >= 0.3 is 0 Å². The van der Waals surface area contributed by atoms with Crippen molar-refractivity contribution in [2.75, 3.05) is 23.4 Å². The third kappa shape index (κ3) is 4.73. The number of benzene rings is 2. The highest BCUT2D eigenvalue weighted by atomic mass is 35.5. The Morgan fingerprint density at radius 2 is 1.92 bits per heavy atom. The second-order valence-corrected chi connectivity index (χ2v) is 5.50. The van der Waals surface area contributed by atoms with Crippen molar-refractivity contribution >= 4 is 34.8 Å². The molecule has 0 fully saturated rings. The summed E-state index contributed by atoms with van der Waals surface area (Å²) in [5, 5.41) is 3.26. The van der Waals surface area contributed by atoms with Crippen LogP contribution in [-0.2, 0) is 9.59 Å². The first-order valence-electron chi connectivity index (χ1n) is 7.56. The summed E-state index contributed by atoms with van der Waals surface area (Å²) in [6, 6.07) is 14.0. The third-order valence-electron chi connectivity index (χ3n) is 3.25. The zero-order valence-electron chi connectivity index (χ0n) is 13.6. The van der Waals surface area contributed by atoms with Crippen molar-refractivity contribution in [1.82, 2.24) is 0 Å². The molecule has 2 rings (SSSR count). The van der Waals surface area contributed by atoms with E-state index in [1.165, 1.54) is 11.8 Å². The number of hydrogen-bond acceptors (Lipinski definition) is 3. The quantitative estimate of drug-likeness (QED) is 0.867. The second-order valence-electron chi connectivity index (χ2n) is 5.06. The molecule has 0 aromatic heterocycles. The summed E-state index contributed by atoms with van der Waals surface area (Å²) in [6.07, 6.45) is 0. The molecule has 0 bridgehead atoms. The van der Waals surface area contributed by atoms with Crippen molar-refractivity contribution in [3.63, 3.8) is 0 Å². The van der Waals surface area contributed by atoms with E-state index in [4.69, 9.17) is 16.3 Å². The molecule has 0 atom stereocenters. The van der Waals surface area contributed by atoms with E-state index in [0.29, 0.717) is 28.8 Å². The highest BCUT2D eigenvalue weighted by Gasteiger charge is 2.19. The third-order valence-corrected chi connectivity index (χ3v) is 3.48. The van der Waals surface area contributed by atoms with Gasteiger partial charge in [-0.2, -0.15) is 0 Å². The molecular weight excluding hydrogens is 328 g/mol. The van der Waals surface area contributed by atoms with Crippen LogP contribution in [0, 0.1) is 0 Å². The van der Waals surface area contributed by atoms with Gasteiger partial charge in [0.1, 0.15) is 12.3 Å². The van der Waals surface area contributed by atoms with E-state index in [2.05, 4.69) is 5.32 Å². The molecule has 2 aromatic carbocycles. The van der Waals surface area contributed by atoms with Gasteiger partial charge in [0, 0.05) is 17.6 Å². The van der Waals surface area contributed by atoms with Crippen LogP contribution >= 0.6 is 11.6 Å². The van der Waals surface area contributed by atoms with Gasteiger partial charge in [-0.1, -0.05) is 29.8 Å². The molecule has 1 N–H and O–H groups in total. The normalized spacial score (nSPS) is 10.1. The maximum atomic E-state index is 12.3. The van der Waals surface area contributed by atoms with Gasteiger partial charge in [-0.05, 0) is 37.3 Å². The summed E-state index contributed by atoms with van der Waals surface area (Å²) < 4.78 is 5.54. The molecule has 0 heterocycles. The summed E-state index contributed by atoms with van der Waals surface area (Å²) in [5.74, 6) is -0.00655. The van der Waals surface area contributed by atoms with Crippen LogP contribution < -0.4 is 15.0 Å². The Balaban J connectivity index is 2.17. The van der Waals surface area contributed by atoms with Crippen molar-refractivity contribution in [1.29, 1.82) is 0 Å². The summed E-state index contributed by atoms with van der Waals surface area (Å²) in [6.45, 7) is 3.62. The standard InChI is InChI=1S/C18H19ClN2O3/c1-3-24-17-10-5-4-9-16(17)21(13(2)22)12-18(23)20-15-8-6-7-14(19)11-15/h4-11H,3,12H2,1-2H3,(H,20,23). The Morgan fingerprint density at radius 3 is 2.58 bits per heavy atom. The van der Waals surface area contributed by atoms with Gasteiger partial charge in [-0.3, -0.25) is 14.5 Å². The largest absolute Gasteiger partial charge is 0.492 e. The molecule has 0 aliphatic rings. The molecule has 5 nitrogen and oxygen atoms in total. The zero-order chi connectivity index (χ0) is 17.5. The van der Waals surface area contributed by atoms with Gasteiger partial charge in [-0.15, -0.1) is 0 Å². The lowest BCUT2D eigenvalue weighted by Gasteiger charge is -2.23. The van der Waals surface area contributed by atoms with Crippen LogP contribution in [0.15, 0.2) is 48.5 Å². The zero-order valence-corrected chi connectivity index (χ0v) is 14.3. The van der Waals surface area contributed by atoms with Crippen LogP contribution in [0.2, 0.25) is 5.02 Å². The van der Waals surface area contributed by atoms with E-state index in [0.717, 1.165) is 0 Å². The molecule has 0 aliphatic heterocycles. The smallest absolute Gasteiger partial charge is 0.244 e. The average Bonchev–Trinajstić information content (AvgIpc) is 2.53. The Hall–Kier alpha value is -2.53. The minimum atomic E-state index is -0.321. The van der Waals surface area contributed by atoms with E-state index >= 15 is 0 Å². The number of ether oxygens (including phenoxy) is 1. The number of anilines is 2. The number of hydrogen-bond donors (Lipinski definition) is 1. The van der Waals surface area contributed by atoms with Crippen LogP contribution in [0.4, 0.5) is 11.4 Å². The molecule has 0 unspecified atom stereocenters. The highest BCUT2D eigenvalue weighted by Crippen LogP contribution is 2.28. The minimum absolute atomic E-state index is 0.119. The molecular formula is C18H19ClN2O3. The van der Waals surface area contributed by atoms with Gasteiger partial charge in [-0.25, -0.2) is 0 Å². The molecule has 126 valence electrons. The maximum Gasteiger partial charge on any atom is 0.244 e. The fraction of sp³-hybridized carbons (Fsp3) is 0.222. The van der Waals surface area contributed by atoms with Crippen molar-refractivity contribution < 1.29 is 14.3 Å². The number of nitrogens with one attached hydrogen (secondary N) is 1. The van der Waals surface area contributed by atoms with Crippen LogP contribution in [0.5, 0.6) is 5.75 Å². The van der Waals surface area contributed by atoms with Crippen LogP contribution in [0.1, 0.15) is 13.8 Å². The first-order valence-corrected chi connectivity index (χ1v) is 7.94. The lowest BCUT2D eigenvalue weighted by atomic mass is 10.2. The predicted octanol–water partition coefficient (Wildman–Crippen LogP) is 3.73. The van der Waals surface area contributed by atoms with E-state index in [9.17, 15) is 9.59 Å². The van der Waals surface area contributed by atoms with E-state index in [1.54, 1.807) is 42.5 Å². The molecule has 0 saturated heterocycles. The highest BCUT2D eigenvalue weighted by molar-refractivity contribution is 6.30. The number of rotatable bonds is 6. The Kier molecular flexibility index (Phi) is 6.21. The minimum Gasteiger partial charge on any atom is -0.492 e. The lowest BCUT2D eigenvalue weighted by Crippen LogP contribution is -2.37. The van der Waals surface area contributed by atoms with Crippen molar-refractivity contribution in [2.45, 2.75) is 13.8 Å². The number of halogens is 1. The molecule has 2 aromatic rings. The van der Waals surface area contributed by atoms with Crippen LogP contribution in [0.25, 0.3) is 0 Å². The topological polar surface area (TPSA) is 58.6 Å². The summed E-state index contributed by atoms with van der Waals surface area (Å²) >= 11 is 5.90. The van der Waals surface area contributed by atoms with Gasteiger partial charge in [0.15, 0.2) is 0 Å². The maximum absolute atomic E-state index is 12.3. The second kappa shape index (κ2) is 8.36. The lowest BCUT2D eigenvalue weighted by molar-refractivity contribution is -0.120. The number of carbonyl (C=O) groups excluding carboxylic acids is 2. The Morgan fingerprint density at radius 1 is 1.17 bits per heavy atom. The van der Waals surface area contributed by atoms with Gasteiger partial charge in [0.05, 0.1) is 12.3 Å². The Bertz CT molecular complexity index is 734. The summed E-state index contributed by atoms with van der Waals surface area (Å²) in [4.78, 5) is 25.7. The summed E-state index contributed by atoms with van der Waals surface area (Å²) in [7, 11) is 0. The molecule has 0 aliphatic carbocycles. The molecule has 0 spiro atoms. The monoisotopic (exact) mass is 346 g/mol. The molecule has 2 amide bonds. The number of para-hydroxylation sites is 2. The van der Waals surface area contributed by atoms with Crippen LogP contribution in [-0.4, -0.2) is 25.0 Å². The van der Waals surface area contributed by atoms with Gasteiger partial charge < -0.3 is 10.1 Å². The van der Waals surface area contributed by atoms with Gasteiger partial charge in [0.2, 0.25) is 11.8 Å². The van der Waals surface area contributed by atoms with Crippen molar-refractivity contribution in [3.05, 3.63) is 53.6 Å². The van der Waals surface area contributed by atoms with E-state index in [1.807, 2.05) is 13.0 Å². The van der Waals surface area contributed by atoms with E-state index in [-0.39, 0.29) is 18.4 Å².